The Labute approximate surface area is 156 Å². The molecule has 134 valence electrons. The van der Waals surface area contributed by atoms with Crippen molar-refractivity contribution in [2.75, 3.05) is 14.1 Å². The summed E-state index contributed by atoms with van der Waals surface area (Å²) in [6, 6.07) is 11.3. The Balaban J connectivity index is 1.67. The SMILES string of the molecule is CNC(=O)c1ccc(C[NH+](C)Cn2nc(-c3cccnc3)oc2=S)cc1. The zero-order valence-corrected chi connectivity index (χ0v) is 15.4. The van der Waals surface area contributed by atoms with E-state index < -0.39 is 0 Å². The van der Waals surface area contributed by atoms with Crippen LogP contribution >= 0.6 is 12.2 Å². The van der Waals surface area contributed by atoms with Crippen molar-refractivity contribution in [3.8, 4) is 11.5 Å². The van der Waals surface area contributed by atoms with Crippen molar-refractivity contribution in [2.24, 2.45) is 0 Å². The second kappa shape index (κ2) is 8.03. The molecule has 1 aromatic carbocycles. The number of pyridine rings is 1. The van der Waals surface area contributed by atoms with Gasteiger partial charge in [-0.2, -0.15) is 4.68 Å². The maximum absolute atomic E-state index is 11.6. The Kier molecular flexibility index (Phi) is 5.55. The molecule has 2 N–H and O–H groups in total. The lowest BCUT2D eigenvalue weighted by molar-refractivity contribution is -0.917. The number of rotatable bonds is 6. The van der Waals surface area contributed by atoms with E-state index in [4.69, 9.17) is 16.6 Å². The lowest BCUT2D eigenvalue weighted by Crippen LogP contribution is -3.07. The van der Waals surface area contributed by atoms with Crippen LogP contribution in [0.15, 0.2) is 53.2 Å². The predicted octanol–water partition coefficient (Wildman–Crippen LogP) is 1.30. The first-order valence-corrected chi connectivity index (χ1v) is 8.58. The van der Waals surface area contributed by atoms with E-state index >= 15 is 0 Å². The number of hydrogen-bond donors (Lipinski definition) is 2. The molecule has 3 aromatic rings. The Hall–Kier alpha value is -2.84. The van der Waals surface area contributed by atoms with Crippen molar-refractivity contribution in [1.29, 1.82) is 0 Å². The van der Waals surface area contributed by atoms with E-state index in [1.165, 1.54) is 4.90 Å². The Morgan fingerprint density at radius 2 is 2.08 bits per heavy atom. The summed E-state index contributed by atoms with van der Waals surface area (Å²) in [6.07, 6.45) is 3.39. The molecule has 0 aliphatic carbocycles. The Morgan fingerprint density at radius 3 is 2.73 bits per heavy atom. The number of benzene rings is 1. The van der Waals surface area contributed by atoms with E-state index in [1.807, 2.05) is 43.4 Å². The molecule has 0 radical (unpaired) electrons. The van der Waals surface area contributed by atoms with Gasteiger partial charge in [-0.05, 0) is 36.5 Å². The summed E-state index contributed by atoms with van der Waals surface area (Å²) in [7, 11) is 3.67. The highest BCUT2D eigenvalue weighted by molar-refractivity contribution is 7.71. The van der Waals surface area contributed by atoms with Gasteiger partial charge >= 0.3 is 0 Å². The lowest BCUT2D eigenvalue weighted by atomic mass is 10.1. The molecule has 0 aliphatic rings. The number of carbonyl (C=O) groups excluding carboxylic acids is 1. The topological polar surface area (TPSA) is 77.4 Å². The van der Waals surface area contributed by atoms with Crippen LogP contribution in [0.25, 0.3) is 11.5 Å². The molecular weight excluding hydrogens is 350 g/mol. The molecule has 2 heterocycles. The van der Waals surface area contributed by atoms with Crippen molar-refractivity contribution < 1.29 is 14.1 Å². The highest BCUT2D eigenvalue weighted by Crippen LogP contribution is 2.15. The minimum Gasteiger partial charge on any atom is -0.409 e. The number of aromatic nitrogens is 3. The number of nitrogens with one attached hydrogen (secondary N) is 2. The van der Waals surface area contributed by atoms with Gasteiger partial charge in [0.05, 0.1) is 12.6 Å². The van der Waals surface area contributed by atoms with Gasteiger partial charge in [0, 0.05) is 30.6 Å². The van der Waals surface area contributed by atoms with Crippen molar-refractivity contribution in [3.63, 3.8) is 0 Å². The van der Waals surface area contributed by atoms with Gasteiger partial charge in [-0.1, -0.05) is 12.1 Å². The fourth-order valence-electron chi connectivity index (χ4n) is 2.59. The first-order chi connectivity index (χ1) is 12.6. The molecule has 1 amide bonds. The molecule has 26 heavy (non-hydrogen) atoms. The molecule has 3 rings (SSSR count). The summed E-state index contributed by atoms with van der Waals surface area (Å²) in [4.78, 5) is 17.2. The second-order valence-corrected chi connectivity index (χ2v) is 6.33. The fraction of sp³-hybridized carbons (Fsp3) is 0.222. The van der Waals surface area contributed by atoms with E-state index in [-0.39, 0.29) is 5.91 Å². The molecule has 7 nitrogen and oxygen atoms in total. The number of quaternary nitrogens is 1. The average Bonchev–Trinajstić information content (AvgIpc) is 3.03. The molecule has 0 aliphatic heterocycles. The molecule has 1 atom stereocenters. The van der Waals surface area contributed by atoms with Crippen LogP contribution in [-0.4, -0.2) is 34.8 Å². The highest BCUT2D eigenvalue weighted by atomic mass is 32.1. The standard InChI is InChI=1S/C18H19N5O2S/c1-19-16(24)14-7-5-13(6-8-14)11-22(2)12-23-18(26)25-17(21-23)15-4-3-9-20-10-15/h3-10H,11-12H2,1-2H3,(H,19,24)/p+1. The molecule has 1 unspecified atom stereocenters. The number of carbonyl (C=O) groups is 1. The largest absolute Gasteiger partial charge is 0.409 e. The molecular formula is C18H20N5O2S+. The van der Waals surface area contributed by atoms with Gasteiger partial charge in [0.1, 0.15) is 6.54 Å². The van der Waals surface area contributed by atoms with Crippen LogP contribution in [-0.2, 0) is 13.2 Å². The maximum atomic E-state index is 11.6. The van der Waals surface area contributed by atoms with Gasteiger partial charge < -0.3 is 14.6 Å². The van der Waals surface area contributed by atoms with Crippen LogP contribution in [0.4, 0.5) is 0 Å². The van der Waals surface area contributed by atoms with Crippen LogP contribution in [0.2, 0.25) is 0 Å². The third kappa shape index (κ3) is 4.22. The summed E-state index contributed by atoms with van der Waals surface area (Å²) >= 11 is 5.27. The van der Waals surface area contributed by atoms with Gasteiger partial charge in [-0.3, -0.25) is 9.78 Å². The monoisotopic (exact) mass is 370 g/mol. The first kappa shape index (κ1) is 18.0. The minimum absolute atomic E-state index is 0.0888. The van der Waals surface area contributed by atoms with Gasteiger partial charge in [-0.15, -0.1) is 5.10 Å². The molecule has 8 heteroatoms. The second-order valence-electron chi connectivity index (χ2n) is 5.98. The van der Waals surface area contributed by atoms with Gasteiger partial charge in [0.2, 0.25) is 5.89 Å². The molecule has 0 bridgehead atoms. The van der Waals surface area contributed by atoms with Crippen LogP contribution in [0, 0.1) is 4.84 Å². The summed E-state index contributed by atoms with van der Waals surface area (Å²) in [5.74, 6) is 0.375. The van der Waals surface area contributed by atoms with E-state index in [9.17, 15) is 4.79 Å². The zero-order valence-electron chi connectivity index (χ0n) is 14.6. The maximum Gasteiger partial charge on any atom is 0.292 e. The number of nitrogens with zero attached hydrogens (tertiary/aromatic N) is 3. The molecule has 0 saturated heterocycles. The highest BCUT2D eigenvalue weighted by Gasteiger charge is 2.12. The first-order valence-electron chi connectivity index (χ1n) is 8.17. The van der Waals surface area contributed by atoms with Crippen LogP contribution in [0.5, 0.6) is 0 Å². The van der Waals surface area contributed by atoms with Gasteiger partial charge in [0.25, 0.3) is 10.7 Å². The van der Waals surface area contributed by atoms with Crippen LogP contribution in [0.3, 0.4) is 0 Å². The third-order valence-corrected chi connectivity index (χ3v) is 4.18. The number of amides is 1. The van der Waals surface area contributed by atoms with E-state index in [0.717, 1.165) is 17.7 Å². The molecule has 0 fully saturated rings. The van der Waals surface area contributed by atoms with Gasteiger partial charge in [0.15, 0.2) is 6.67 Å². The molecule has 0 saturated carbocycles. The Bertz CT molecular complexity index is 934. The lowest BCUT2D eigenvalue weighted by Gasteiger charge is -2.13. The smallest absolute Gasteiger partial charge is 0.292 e. The average molecular weight is 370 g/mol. The van der Waals surface area contributed by atoms with Crippen molar-refractivity contribution in [3.05, 3.63) is 64.8 Å². The van der Waals surface area contributed by atoms with E-state index in [1.54, 1.807) is 24.1 Å². The van der Waals surface area contributed by atoms with Crippen LogP contribution in [0.1, 0.15) is 15.9 Å². The van der Waals surface area contributed by atoms with Crippen molar-refractivity contribution in [2.45, 2.75) is 13.2 Å². The van der Waals surface area contributed by atoms with Crippen molar-refractivity contribution >= 4 is 18.1 Å². The summed E-state index contributed by atoms with van der Waals surface area (Å²) in [6.45, 7) is 1.34. The third-order valence-electron chi connectivity index (χ3n) is 3.88. The summed E-state index contributed by atoms with van der Waals surface area (Å²) < 4.78 is 7.25. The van der Waals surface area contributed by atoms with E-state index in [0.29, 0.717) is 23.0 Å². The normalized spacial score (nSPS) is 11.9. The Morgan fingerprint density at radius 1 is 1.31 bits per heavy atom. The van der Waals surface area contributed by atoms with Crippen LogP contribution < -0.4 is 10.2 Å². The zero-order chi connectivity index (χ0) is 18.5. The fourth-order valence-corrected chi connectivity index (χ4v) is 2.77. The predicted molar refractivity (Wildman–Crippen MR) is 99.0 cm³/mol. The minimum atomic E-state index is -0.0888. The quantitative estimate of drug-likeness (QED) is 0.640. The van der Waals surface area contributed by atoms with Gasteiger partial charge in [-0.25, -0.2) is 0 Å². The molecule has 2 aromatic heterocycles. The molecule has 0 spiro atoms. The summed E-state index contributed by atoms with van der Waals surface area (Å²) in [5.41, 5.74) is 2.56. The number of hydrogen-bond acceptors (Lipinski definition) is 5. The van der Waals surface area contributed by atoms with E-state index in [2.05, 4.69) is 15.4 Å². The van der Waals surface area contributed by atoms with Crippen molar-refractivity contribution in [1.82, 2.24) is 20.1 Å². The summed E-state index contributed by atoms with van der Waals surface area (Å²) in [5, 5.41) is 7.06.